The summed E-state index contributed by atoms with van der Waals surface area (Å²) in [4.78, 5) is 24.4. The van der Waals surface area contributed by atoms with Crippen LogP contribution in [0.4, 0.5) is 18.9 Å². The van der Waals surface area contributed by atoms with Gasteiger partial charge in [0.15, 0.2) is 5.69 Å². The van der Waals surface area contributed by atoms with Crippen molar-refractivity contribution >= 4 is 29.1 Å². The highest BCUT2D eigenvalue weighted by atomic mass is 35.5. The zero-order valence-electron chi connectivity index (χ0n) is 17.0. The molecule has 6 nitrogen and oxygen atoms in total. The van der Waals surface area contributed by atoms with Gasteiger partial charge in [0, 0.05) is 23.7 Å². The Morgan fingerprint density at radius 1 is 1.09 bits per heavy atom. The standard InChI is InChI=1S/C22H20ClF3N4O2/c1-14-5-2-3-6-18(14)30-20(22(24,25)26)17(13-28-30)21(32)27-12-4-7-19(31)29-16-10-8-15(23)9-11-16/h2-3,5-6,8-11,13H,4,7,12H2,1H3,(H,27,32)(H,29,31). The van der Waals surface area contributed by atoms with Crippen LogP contribution in [0.5, 0.6) is 0 Å². The summed E-state index contributed by atoms with van der Waals surface area (Å²) in [6.07, 6.45) is -3.56. The van der Waals surface area contributed by atoms with Crippen LogP contribution in [-0.4, -0.2) is 28.1 Å². The maximum absolute atomic E-state index is 13.7. The number of nitrogens with zero attached hydrogens (tertiary/aromatic N) is 2. The fourth-order valence-electron chi connectivity index (χ4n) is 3.07. The second-order valence-electron chi connectivity index (χ2n) is 7.02. The van der Waals surface area contributed by atoms with Crippen molar-refractivity contribution in [3.8, 4) is 5.69 Å². The quantitative estimate of drug-likeness (QED) is 0.483. The van der Waals surface area contributed by atoms with E-state index in [1.165, 1.54) is 6.07 Å². The van der Waals surface area contributed by atoms with E-state index in [0.717, 1.165) is 10.9 Å². The average Bonchev–Trinajstić information content (AvgIpc) is 3.19. The molecule has 0 bridgehead atoms. The highest BCUT2D eigenvalue weighted by molar-refractivity contribution is 6.30. The van der Waals surface area contributed by atoms with E-state index in [9.17, 15) is 22.8 Å². The number of halogens is 4. The smallest absolute Gasteiger partial charge is 0.352 e. The maximum atomic E-state index is 13.7. The predicted octanol–water partition coefficient (Wildman–Crippen LogP) is 5.00. The molecule has 0 aliphatic carbocycles. The molecule has 0 saturated carbocycles. The molecule has 10 heteroatoms. The Bertz CT molecular complexity index is 1110. The second-order valence-corrected chi connectivity index (χ2v) is 7.45. The number of carbonyl (C=O) groups excluding carboxylic acids is 2. The third-order valence-corrected chi connectivity index (χ3v) is 4.87. The van der Waals surface area contributed by atoms with Gasteiger partial charge in [0.05, 0.1) is 17.4 Å². The Morgan fingerprint density at radius 3 is 2.44 bits per heavy atom. The molecule has 0 atom stereocenters. The zero-order chi connectivity index (χ0) is 23.3. The third kappa shape index (κ3) is 5.67. The summed E-state index contributed by atoms with van der Waals surface area (Å²) in [5.41, 5.74) is -0.337. The molecule has 1 heterocycles. The first-order valence-corrected chi connectivity index (χ1v) is 10.1. The molecule has 2 amide bonds. The van der Waals surface area contributed by atoms with Gasteiger partial charge in [0.25, 0.3) is 5.91 Å². The largest absolute Gasteiger partial charge is 0.434 e. The number of hydrogen-bond acceptors (Lipinski definition) is 3. The van der Waals surface area contributed by atoms with Crippen LogP contribution < -0.4 is 10.6 Å². The molecule has 0 saturated heterocycles. The van der Waals surface area contributed by atoms with Crippen molar-refractivity contribution in [1.82, 2.24) is 15.1 Å². The Kier molecular flexibility index (Phi) is 7.19. The number of amides is 2. The number of aryl methyl sites for hydroxylation is 1. The molecule has 3 aromatic rings. The number of benzene rings is 2. The van der Waals surface area contributed by atoms with Gasteiger partial charge in [-0.2, -0.15) is 18.3 Å². The highest BCUT2D eigenvalue weighted by Crippen LogP contribution is 2.34. The minimum absolute atomic E-state index is 0.0275. The molecule has 3 rings (SSSR count). The van der Waals surface area contributed by atoms with Crippen molar-refractivity contribution < 1.29 is 22.8 Å². The Labute approximate surface area is 187 Å². The number of carbonyl (C=O) groups is 2. The van der Waals surface area contributed by atoms with Crippen molar-refractivity contribution in [3.05, 3.63) is 76.6 Å². The van der Waals surface area contributed by atoms with E-state index >= 15 is 0 Å². The van der Waals surface area contributed by atoms with Crippen LogP contribution in [0.3, 0.4) is 0 Å². The molecule has 0 aliphatic heterocycles. The molecule has 32 heavy (non-hydrogen) atoms. The topological polar surface area (TPSA) is 76.0 Å². The Morgan fingerprint density at radius 2 is 1.78 bits per heavy atom. The van der Waals surface area contributed by atoms with Crippen molar-refractivity contribution in [2.45, 2.75) is 25.9 Å². The lowest BCUT2D eigenvalue weighted by Crippen LogP contribution is -2.28. The molecular formula is C22H20ClF3N4O2. The molecule has 2 aromatic carbocycles. The summed E-state index contributed by atoms with van der Waals surface area (Å²) >= 11 is 5.78. The van der Waals surface area contributed by atoms with Crippen LogP contribution in [0.1, 0.15) is 34.5 Å². The Balaban J connectivity index is 1.62. The minimum atomic E-state index is -4.79. The fourth-order valence-corrected chi connectivity index (χ4v) is 3.20. The molecule has 0 radical (unpaired) electrons. The number of para-hydroxylation sites is 1. The van der Waals surface area contributed by atoms with E-state index in [0.29, 0.717) is 16.3 Å². The number of nitrogens with one attached hydrogen (secondary N) is 2. The maximum Gasteiger partial charge on any atom is 0.434 e. The van der Waals surface area contributed by atoms with Crippen LogP contribution in [0.15, 0.2) is 54.7 Å². The summed E-state index contributed by atoms with van der Waals surface area (Å²) in [6.45, 7) is 1.69. The molecule has 0 aliphatic rings. The van der Waals surface area contributed by atoms with Gasteiger partial charge >= 0.3 is 6.18 Å². The number of aromatic nitrogens is 2. The number of hydrogen-bond donors (Lipinski definition) is 2. The van der Waals surface area contributed by atoms with Gasteiger partial charge in [-0.3, -0.25) is 9.59 Å². The van der Waals surface area contributed by atoms with Crippen LogP contribution >= 0.6 is 11.6 Å². The lowest BCUT2D eigenvalue weighted by Gasteiger charge is -2.14. The lowest BCUT2D eigenvalue weighted by atomic mass is 10.1. The number of rotatable bonds is 7. The molecular weight excluding hydrogens is 445 g/mol. The van der Waals surface area contributed by atoms with Crippen LogP contribution in [0.2, 0.25) is 5.02 Å². The highest BCUT2D eigenvalue weighted by Gasteiger charge is 2.40. The van der Waals surface area contributed by atoms with Gasteiger partial charge < -0.3 is 10.6 Å². The van der Waals surface area contributed by atoms with Gasteiger partial charge in [-0.05, 0) is 49.2 Å². The molecule has 0 unspecified atom stereocenters. The van der Waals surface area contributed by atoms with E-state index < -0.39 is 23.3 Å². The fraction of sp³-hybridized carbons (Fsp3) is 0.227. The van der Waals surface area contributed by atoms with Gasteiger partial charge in [0.2, 0.25) is 5.91 Å². The van der Waals surface area contributed by atoms with Crippen molar-refractivity contribution in [3.63, 3.8) is 0 Å². The Hall–Kier alpha value is -3.33. The van der Waals surface area contributed by atoms with E-state index in [1.807, 2.05) is 0 Å². The first kappa shape index (κ1) is 23.3. The molecule has 0 spiro atoms. The first-order valence-electron chi connectivity index (χ1n) is 9.71. The first-order chi connectivity index (χ1) is 15.2. The van der Waals surface area contributed by atoms with Crippen LogP contribution in [-0.2, 0) is 11.0 Å². The van der Waals surface area contributed by atoms with Gasteiger partial charge in [0.1, 0.15) is 0 Å². The second kappa shape index (κ2) is 9.86. The van der Waals surface area contributed by atoms with Gasteiger partial charge in [-0.15, -0.1) is 0 Å². The number of alkyl halides is 3. The normalized spacial score (nSPS) is 11.3. The molecule has 2 N–H and O–H groups in total. The minimum Gasteiger partial charge on any atom is -0.352 e. The summed E-state index contributed by atoms with van der Waals surface area (Å²) in [5.74, 6) is -1.19. The van der Waals surface area contributed by atoms with E-state index in [-0.39, 0.29) is 31.0 Å². The summed E-state index contributed by atoms with van der Waals surface area (Å²) in [6, 6.07) is 13.0. The average molecular weight is 465 g/mol. The van der Waals surface area contributed by atoms with Crippen LogP contribution in [0.25, 0.3) is 5.69 Å². The monoisotopic (exact) mass is 464 g/mol. The third-order valence-electron chi connectivity index (χ3n) is 4.62. The van der Waals surface area contributed by atoms with Gasteiger partial charge in [-0.25, -0.2) is 4.68 Å². The summed E-state index contributed by atoms with van der Waals surface area (Å²) in [5, 5.41) is 9.44. The lowest BCUT2D eigenvalue weighted by molar-refractivity contribution is -0.143. The molecule has 0 fully saturated rings. The van der Waals surface area contributed by atoms with Crippen LogP contribution in [0, 0.1) is 6.92 Å². The molecule has 168 valence electrons. The zero-order valence-corrected chi connectivity index (χ0v) is 17.8. The number of anilines is 1. The molecule has 1 aromatic heterocycles. The van der Waals surface area contributed by atoms with Crippen molar-refractivity contribution in [2.24, 2.45) is 0 Å². The summed E-state index contributed by atoms with van der Waals surface area (Å²) < 4.78 is 42.0. The van der Waals surface area contributed by atoms with Crippen molar-refractivity contribution in [2.75, 3.05) is 11.9 Å². The van der Waals surface area contributed by atoms with Crippen molar-refractivity contribution in [1.29, 1.82) is 0 Å². The van der Waals surface area contributed by atoms with Gasteiger partial charge in [-0.1, -0.05) is 29.8 Å². The van der Waals surface area contributed by atoms with E-state index in [2.05, 4.69) is 15.7 Å². The predicted molar refractivity (Wildman–Crippen MR) is 115 cm³/mol. The van der Waals surface area contributed by atoms with E-state index in [4.69, 9.17) is 11.6 Å². The summed E-state index contributed by atoms with van der Waals surface area (Å²) in [7, 11) is 0. The van der Waals surface area contributed by atoms with E-state index in [1.54, 1.807) is 49.4 Å². The SMILES string of the molecule is Cc1ccccc1-n1ncc(C(=O)NCCCC(=O)Nc2ccc(Cl)cc2)c1C(F)(F)F.